The third-order valence-corrected chi connectivity index (χ3v) is 14.8. The van der Waals surface area contributed by atoms with Crippen LogP contribution in [-0.2, 0) is 33.4 Å². The van der Waals surface area contributed by atoms with Crippen LogP contribution in [0, 0.1) is 57.7 Å². The number of hydrogen-bond donors (Lipinski definition) is 0. The van der Waals surface area contributed by atoms with Gasteiger partial charge in [0.25, 0.3) is 0 Å². The Kier molecular flexibility index (Phi) is 7.73. The number of rotatable bonds is 5. The van der Waals surface area contributed by atoms with Crippen molar-refractivity contribution in [3.8, 4) is 0 Å². The molecule has 7 heteroatoms. The van der Waals surface area contributed by atoms with Gasteiger partial charge in [-0.05, 0) is 104 Å². The van der Waals surface area contributed by atoms with Crippen LogP contribution in [0.5, 0.6) is 0 Å². The third kappa shape index (κ3) is 4.82. The summed E-state index contributed by atoms with van der Waals surface area (Å²) in [5.74, 6) is 2.02. The summed E-state index contributed by atoms with van der Waals surface area (Å²) in [6.07, 6.45) is 13.1. The lowest BCUT2D eigenvalue weighted by atomic mass is 9.38. The van der Waals surface area contributed by atoms with E-state index < -0.39 is 42.3 Å². The van der Waals surface area contributed by atoms with Crippen LogP contribution in [0.1, 0.15) is 119 Å². The minimum absolute atomic E-state index is 0.0564. The summed E-state index contributed by atoms with van der Waals surface area (Å²) >= 11 is 0. The van der Waals surface area contributed by atoms with Gasteiger partial charge in [-0.25, -0.2) is 0 Å². The Labute approximate surface area is 268 Å². The highest BCUT2D eigenvalue weighted by Gasteiger charge is 2.66. The van der Waals surface area contributed by atoms with E-state index in [-0.39, 0.29) is 27.9 Å². The second-order valence-corrected chi connectivity index (χ2v) is 16.9. The normalized spacial score (nSPS) is 50.1. The summed E-state index contributed by atoms with van der Waals surface area (Å²) in [6, 6.07) is 0. The molecule has 7 rings (SSSR count). The molecule has 1 heterocycles. The molecule has 0 radical (unpaired) electrons. The van der Waals surface area contributed by atoms with Gasteiger partial charge in [-0.15, -0.1) is 0 Å². The smallest absolute Gasteiger partial charge is 0.303 e. The van der Waals surface area contributed by atoms with Crippen LogP contribution in [0.15, 0.2) is 11.6 Å². The van der Waals surface area contributed by atoms with Crippen molar-refractivity contribution in [3.63, 3.8) is 0 Å². The molecule has 0 aromatic rings. The number of fused-ring (bicyclic) bond motifs is 8. The van der Waals surface area contributed by atoms with Crippen LogP contribution in [0.25, 0.3) is 0 Å². The standard InChI is InChI=1S/C38H54O7/c1-20-8-7-15-38(19-14-28-33(43-22(3)39)35(44-23(4)40)30-32(42)34(30)45-28)18-12-26-24(31(20)38)9-10-29-36(5)17-13-27(41)21(2)25(36)11-16-37(26,29)6/h9,20-21,25-26,28-31,33-35H,7-8,10-19H2,1-6H3. The molecule has 0 bridgehead atoms. The molecular formula is C38H54O7. The van der Waals surface area contributed by atoms with Crippen molar-refractivity contribution in [2.75, 3.05) is 0 Å². The maximum Gasteiger partial charge on any atom is 0.303 e. The average Bonchev–Trinajstić information content (AvgIpc) is 3.63. The highest BCUT2D eigenvalue weighted by molar-refractivity contribution is 6.03. The van der Waals surface area contributed by atoms with E-state index in [0.717, 1.165) is 25.7 Å². The van der Waals surface area contributed by atoms with E-state index in [0.29, 0.717) is 41.8 Å². The minimum Gasteiger partial charge on any atom is -0.458 e. The zero-order valence-electron chi connectivity index (χ0n) is 28.3. The van der Waals surface area contributed by atoms with Gasteiger partial charge in [0.15, 0.2) is 18.0 Å². The summed E-state index contributed by atoms with van der Waals surface area (Å²) in [5, 5.41) is 0. The Morgan fingerprint density at radius 1 is 0.933 bits per heavy atom. The summed E-state index contributed by atoms with van der Waals surface area (Å²) in [4.78, 5) is 49.6. The molecule has 1 saturated heterocycles. The zero-order valence-corrected chi connectivity index (χ0v) is 28.3. The molecule has 5 saturated carbocycles. The first-order valence-corrected chi connectivity index (χ1v) is 18.1. The molecular weight excluding hydrogens is 568 g/mol. The summed E-state index contributed by atoms with van der Waals surface area (Å²) in [6.45, 7) is 12.5. The Bertz CT molecular complexity index is 1300. The van der Waals surface area contributed by atoms with Crippen LogP contribution in [0.2, 0.25) is 0 Å². The molecule has 6 aliphatic carbocycles. The molecule has 7 aliphatic rings. The summed E-state index contributed by atoms with van der Waals surface area (Å²) < 4.78 is 17.7. The molecule has 14 unspecified atom stereocenters. The summed E-state index contributed by atoms with van der Waals surface area (Å²) in [7, 11) is 0. The number of esters is 2. The van der Waals surface area contributed by atoms with Crippen molar-refractivity contribution in [2.45, 2.75) is 143 Å². The molecule has 0 spiro atoms. The first kappa shape index (κ1) is 31.6. The highest BCUT2D eigenvalue weighted by Crippen LogP contribution is 2.70. The van der Waals surface area contributed by atoms with E-state index in [1.807, 2.05) is 0 Å². The Morgan fingerprint density at radius 3 is 2.40 bits per heavy atom. The first-order valence-electron chi connectivity index (χ1n) is 18.1. The van der Waals surface area contributed by atoms with Crippen LogP contribution in [0.4, 0.5) is 0 Å². The second kappa shape index (κ2) is 11.0. The molecule has 1 aliphatic heterocycles. The van der Waals surface area contributed by atoms with Crippen molar-refractivity contribution < 1.29 is 33.4 Å². The Balaban J connectivity index is 1.16. The fourth-order valence-corrected chi connectivity index (χ4v) is 12.8. The molecule has 7 nitrogen and oxygen atoms in total. The highest BCUT2D eigenvalue weighted by atomic mass is 16.6. The van der Waals surface area contributed by atoms with Gasteiger partial charge >= 0.3 is 11.9 Å². The van der Waals surface area contributed by atoms with Gasteiger partial charge in [0.2, 0.25) is 0 Å². The zero-order chi connectivity index (χ0) is 32.1. The van der Waals surface area contributed by atoms with E-state index in [2.05, 4.69) is 33.8 Å². The number of allylic oxidation sites excluding steroid dienone is 2. The molecule has 0 N–H and O–H groups in total. The van der Waals surface area contributed by atoms with Gasteiger partial charge in [0.05, 0.1) is 12.0 Å². The molecule has 45 heavy (non-hydrogen) atoms. The lowest BCUT2D eigenvalue weighted by molar-refractivity contribution is -0.197. The molecule has 6 fully saturated rings. The molecule has 0 aromatic carbocycles. The number of ether oxygens (including phenoxy) is 3. The monoisotopic (exact) mass is 622 g/mol. The summed E-state index contributed by atoms with van der Waals surface area (Å²) in [5.41, 5.74) is 2.37. The fraction of sp³-hybridized carbons (Fsp3) is 0.842. The van der Waals surface area contributed by atoms with E-state index in [1.54, 1.807) is 5.57 Å². The van der Waals surface area contributed by atoms with Crippen molar-refractivity contribution in [2.24, 2.45) is 57.7 Å². The topological polar surface area (TPSA) is 96.0 Å². The lowest BCUT2D eigenvalue weighted by Gasteiger charge is -2.66. The van der Waals surface area contributed by atoms with Gasteiger partial charge in [-0.1, -0.05) is 52.2 Å². The Hall–Kier alpha value is -2.02. The third-order valence-electron chi connectivity index (χ3n) is 14.8. The average molecular weight is 623 g/mol. The number of ketones is 2. The predicted molar refractivity (Wildman–Crippen MR) is 168 cm³/mol. The molecule has 0 aromatic heterocycles. The fourth-order valence-electron chi connectivity index (χ4n) is 12.8. The van der Waals surface area contributed by atoms with Crippen LogP contribution < -0.4 is 0 Å². The number of hydrogen-bond acceptors (Lipinski definition) is 7. The van der Waals surface area contributed by atoms with Crippen LogP contribution >= 0.6 is 0 Å². The quantitative estimate of drug-likeness (QED) is 0.246. The van der Waals surface area contributed by atoms with E-state index >= 15 is 0 Å². The maximum atomic E-state index is 12.8. The number of carbonyl (C=O) groups excluding carboxylic acids is 4. The van der Waals surface area contributed by atoms with Gasteiger partial charge in [-0.3, -0.25) is 19.2 Å². The van der Waals surface area contributed by atoms with Crippen LogP contribution in [-0.4, -0.2) is 47.9 Å². The SMILES string of the molecule is CC(=O)OC1C(CCC23CCCC(C)C2C2=CCC4C(C)(CCC5C(C)C(=O)CCC54C)C2CC3)OC2C(=O)C2C1OC(C)=O. The largest absolute Gasteiger partial charge is 0.458 e. The predicted octanol–water partition coefficient (Wildman–Crippen LogP) is 6.80. The number of Topliss-reactive ketones (excluding diaryl/α,β-unsaturated/α-hetero) is 2. The van der Waals surface area contributed by atoms with Crippen molar-refractivity contribution >= 4 is 23.5 Å². The van der Waals surface area contributed by atoms with Gasteiger partial charge in [-0.2, -0.15) is 0 Å². The van der Waals surface area contributed by atoms with Gasteiger partial charge < -0.3 is 14.2 Å². The lowest BCUT2D eigenvalue weighted by Crippen LogP contribution is -2.59. The number of carbonyl (C=O) groups is 4. The first-order chi connectivity index (χ1) is 21.3. The molecule has 248 valence electrons. The van der Waals surface area contributed by atoms with Crippen LogP contribution in [0.3, 0.4) is 0 Å². The van der Waals surface area contributed by atoms with Gasteiger partial charge in [0, 0.05) is 26.2 Å². The van der Waals surface area contributed by atoms with E-state index in [9.17, 15) is 19.2 Å². The van der Waals surface area contributed by atoms with E-state index in [1.165, 1.54) is 58.8 Å². The van der Waals surface area contributed by atoms with E-state index in [4.69, 9.17) is 14.2 Å². The van der Waals surface area contributed by atoms with Gasteiger partial charge in [0.1, 0.15) is 11.9 Å². The molecule has 14 atom stereocenters. The maximum absolute atomic E-state index is 12.8. The minimum atomic E-state index is -0.774. The second-order valence-electron chi connectivity index (χ2n) is 16.9. The Morgan fingerprint density at radius 2 is 1.67 bits per heavy atom. The van der Waals surface area contributed by atoms with Crippen molar-refractivity contribution in [1.82, 2.24) is 0 Å². The van der Waals surface area contributed by atoms with Crippen molar-refractivity contribution in [3.05, 3.63) is 11.6 Å². The van der Waals surface area contributed by atoms with Crippen molar-refractivity contribution in [1.29, 1.82) is 0 Å². The molecule has 0 amide bonds.